The number of hydrogen-bond donors (Lipinski definition) is 1. The van der Waals surface area contributed by atoms with Gasteiger partial charge in [0.05, 0.1) is 13.0 Å². The van der Waals surface area contributed by atoms with Crippen molar-refractivity contribution in [1.29, 1.82) is 0 Å². The second-order valence-electron chi connectivity index (χ2n) is 6.14. The van der Waals surface area contributed by atoms with E-state index in [1.807, 2.05) is 36.5 Å². The first kappa shape index (κ1) is 18.6. The van der Waals surface area contributed by atoms with Gasteiger partial charge in [0.15, 0.2) is 0 Å². The molecular formula is C22H22N2O3. The van der Waals surface area contributed by atoms with Crippen molar-refractivity contribution >= 4 is 22.6 Å². The van der Waals surface area contributed by atoms with E-state index < -0.39 is 0 Å². The first-order chi connectivity index (χ1) is 13.2. The molecule has 138 valence electrons. The van der Waals surface area contributed by atoms with Gasteiger partial charge in [-0.25, -0.2) is 0 Å². The summed E-state index contributed by atoms with van der Waals surface area (Å²) in [6.07, 6.45) is 3.81. The Hall–Kier alpha value is -3.21. The lowest BCUT2D eigenvalue weighted by Crippen LogP contribution is -2.23. The summed E-state index contributed by atoms with van der Waals surface area (Å²) in [7, 11) is 0. The molecule has 0 saturated carbocycles. The van der Waals surface area contributed by atoms with Crippen LogP contribution in [0.15, 0.2) is 60.9 Å². The number of nitrogens with zero attached hydrogens (tertiary/aromatic N) is 1. The van der Waals surface area contributed by atoms with Gasteiger partial charge in [-0.1, -0.05) is 42.5 Å². The van der Waals surface area contributed by atoms with Gasteiger partial charge in [0.2, 0.25) is 5.91 Å². The maximum absolute atomic E-state index is 12.0. The van der Waals surface area contributed by atoms with Crippen LogP contribution < -0.4 is 5.32 Å². The van der Waals surface area contributed by atoms with Crippen LogP contribution in [0.25, 0.3) is 21.9 Å². The molecule has 2 aromatic carbocycles. The van der Waals surface area contributed by atoms with E-state index in [-0.39, 0.29) is 24.7 Å². The van der Waals surface area contributed by atoms with E-state index in [1.54, 1.807) is 13.1 Å². The molecule has 1 aromatic heterocycles. The highest BCUT2D eigenvalue weighted by Gasteiger charge is 2.10. The second-order valence-corrected chi connectivity index (χ2v) is 6.14. The third-order valence-electron chi connectivity index (χ3n) is 4.33. The first-order valence-corrected chi connectivity index (χ1v) is 9.02. The number of ether oxygens (including phenoxy) is 1. The maximum Gasteiger partial charge on any atom is 0.306 e. The standard InChI is InChI=1S/C22H22N2O3/c1-2-27-22(26)11-10-21(25)24-14-17-8-9-18(16-6-4-3-5-7-16)19-12-13-23-15-20(17)19/h3-9,12-13,15H,2,10-11,14H2,1H3,(H,24,25). The minimum Gasteiger partial charge on any atom is -0.466 e. The lowest BCUT2D eigenvalue weighted by molar-refractivity contribution is -0.144. The van der Waals surface area contributed by atoms with E-state index in [0.717, 1.165) is 27.5 Å². The molecule has 3 aromatic rings. The van der Waals surface area contributed by atoms with Crippen LogP contribution in [0.3, 0.4) is 0 Å². The zero-order valence-corrected chi connectivity index (χ0v) is 15.3. The number of pyridine rings is 1. The highest BCUT2D eigenvalue weighted by Crippen LogP contribution is 2.30. The second kappa shape index (κ2) is 8.94. The Morgan fingerprint density at radius 1 is 1.00 bits per heavy atom. The molecular weight excluding hydrogens is 340 g/mol. The van der Waals surface area contributed by atoms with Crippen molar-refractivity contribution in [2.75, 3.05) is 6.61 Å². The molecule has 0 aliphatic heterocycles. The van der Waals surface area contributed by atoms with Gasteiger partial charge in [-0.2, -0.15) is 0 Å². The molecule has 1 heterocycles. The summed E-state index contributed by atoms with van der Waals surface area (Å²) in [6, 6.07) is 16.2. The molecule has 0 aliphatic carbocycles. The number of fused-ring (bicyclic) bond motifs is 1. The largest absolute Gasteiger partial charge is 0.466 e. The van der Waals surface area contributed by atoms with Crippen LogP contribution in [0.4, 0.5) is 0 Å². The van der Waals surface area contributed by atoms with Crippen molar-refractivity contribution in [1.82, 2.24) is 10.3 Å². The monoisotopic (exact) mass is 362 g/mol. The normalized spacial score (nSPS) is 10.6. The third-order valence-corrected chi connectivity index (χ3v) is 4.33. The number of rotatable bonds is 7. The lowest BCUT2D eigenvalue weighted by atomic mass is 9.96. The Bertz CT molecular complexity index is 939. The topological polar surface area (TPSA) is 68.3 Å². The number of esters is 1. The summed E-state index contributed by atoms with van der Waals surface area (Å²) in [5, 5.41) is 4.97. The fraction of sp³-hybridized carbons (Fsp3) is 0.227. The van der Waals surface area contributed by atoms with Gasteiger partial charge < -0.3 is 10.1 Å². The summed E-state index contributed by atoms with van der Waals surface area (Å²) >= 11 is 0. The number of benzene rings is 2. The number of carbonyl (C=O) groups is 2. The SMILES string of the molecule is CCOC(=O)CCC(=O)NCc1ccc(-c2ccccc2)c2ccncc12. The van der Waals surface area contributed by atoms with Gasteiger partial charge in [0.25, 0.3) is 0 Å². The zero-order chi connectivity index (χ0) is 19.1. The summed E-state index contributed by atoms with van der Waals surface area (Å²) in [5.41, 5.74) is 3.26. The smallest absolute Gasteiger partial charge is 0.306 e. The molecule has 0 unspecified atom stereocenters. The van der Waals surface area contributed by atoms with E-state index >= 15 is 0 Å². The van der Waals surface area contributed by atoms with E-state index in [0.29, 0.717) is 13.2 Å². The van der Waals surface area contributed by atoms with Gasteiger partial charge in [-0.15, -0.1) is 0 Å². The summed E-state index contributed by atoms with van der Waals surface area (Å²) in [5.74, 6) is -0.526. The van der Waals surface area contributed by atoms with Crippen LogP contribution in [-0.4, -0.2) is 23.5 Å². The van der Waals surface area contributed by atoms with Crippen molar-refractivity contribution < 1.29 is 14.3 Å². The Morgan fingerprint density at radius 2 is 1.81 bits per heavy atom. The van der Waals surface area contributed by atoms with Crippen LogP contribution in [0.5, 0.6) is 0 Å². The van der Waals surface area contributed by atoms with Crippen LogP contribution in [0.1, 0.15) is 25.3 Å². The van der Waals surface area contributed by atoms with Crippen molar-refractivity contribution in [2.24, 2.45) is 0 Å². The molecule has 1 N–H and O–H groups in total. The molecule has 0 saturated heterocycles. The van der Waals surface area contributed by atoms with Crippen LogP contribution >= 0.6 is 0 Å². The first-order valence-electron chi connectivity index (χ1n) is 9.02. The number of carbonyl (C=O) groups excluding carboxylic acids is 2. The Morgan fingerprint density at radius 3 is 2.59 bits per heavy atom. The molecule has 1 amide bonds. The molecule has 5 nitrogen and oxygen atoms in total. The van der Waals surface area contributed by atoms with Gasteiger partial charge in [0.1, 0.15) is 0 Å². The third kappa shape index (κ3) is 4.70. The summed E-state index contributed by atoms with van der Waals surface area (Å²) < 4.78 is 4.84. The number of nitrogens with one attached hydrogen (secondary N) is 1. The van der Waals surface area contributed by atoms with Crippen molar-refractivity contribution in [3.8, 4) is 11.1 Å². The molecule has 3 rings (SSSR count). The number of hydrogen-bond acceptors (Lipinski definition) is 4. The summed E-state index contributed by atoms with van der Waals surface area (Å²) in [4.78, 5) is 27.6. The van der Waals surface area contributed by atoms with Crippen LogP contribution in [0, 0.1) is 0 Å². The highest BCUT2D eigenvalue weighted by atomic mass is 16.5. The van der Waals surface area contributed by atoms with Crippen molar-refractivity contribution in [2.45, 2.75) is 26.3 Å². The van der Waals surface area contributed by atoms with Gasteiger partial charge in [-0.3, -0.25) is 14.6 Å². The lowest BCUT2D eigenvalue weighted by Gasteiger charge is -2.12. The zero-order valence-electron chi connectivity index (χ0n) is 15.3. The predicted octanol–water partition coefficient (Wildman–Crippen LogP) is 3.86. The number of aromatic nitrogens is 1. The van der Waals surface area contributed by atoms with E-state index in [2.05, 4.69) is 28.5 Å². The quantitative estimate of drug-likeness (QED) is 0.648. The van der Waals surface area contributed by atoms with Crippen molar-refractivity contribution in [3.63, 3.8) is 0 Å². The van der Waals surface area contributed by atoms with E-state index in [4.69, 9.17) is 4.74 Å². The van der Waals surface area contributed by atoms with Crippen LogP contribution in [-0.2, 0) is 20.9 Å². The van der Waals surface area contributed by atoms with E-state index in [1.165, 1.54) is 0 Å². The van der Waals surface area contributed by atoms with Gasteiger partial charge in [0, 0.05) is 30.7 Å². The molecule has 0 bridgehead atoms. The van der Waals surface area contributed by atoms with Gasteiger partial charge >= 0.3 is 5.97 Å². The molecule has 0 fully saturated rings. The molecule has 27 heavy (non-hydrogen) atoms. The predicted molar refractivity (Wildman–Crippen MR) is 105 cm³/mol. The molecule has 0 aliphatic rings. The maximum atomic E-state index is 12.0. The fourth-order valence-electron chi connectivity index (χ4n) is 3.00. The van der Waals surface area contributed by atoms with Crippen molar-refractivity contribution in [3.05, 3.63) is 66.5 Å². The van der Waals surface area contributed by atoms with E-state index in [9.17, 15) is 9.59 Å². The molecule has 0 spiro atoms. The van der Waals surface area contributed by atoms with Crippen LogP contribution in [0.2, 0.25) is 0 Å². The molecule has 5 heteroatoms. The summed E-state index contributed by atoms with van der Waals surface area (Å²) in [6.45, 7) is 2.46. The Labute approximate surface area is 158 Å². The average molecular weight is 362 g/mol. The number of amides is 1. The Balaban J connectivity index is 1.75. The molecule has 0 radical (unpaired) electrons. The fourth-order valence-corrected chi connectivity index (χ4v) is 3.00. The average Bonchev–Trinajstić information content (AvgIpc) is 2.71. The minimum atomic E-state index is -0.352. The molecule has 0 atom stereocenters. The minimum absolute atomic E-state index is 0.0922. The highest BCUT2D eigenvalue weighted by molar-refractivity contribution is 5.98. The van der Waals surface area contributed by atoms with Gasteiger partial charge in [-0.05, 0) is 35.1 Å². The Kier molecular flexibility index (Phi) is 6.15.